The molecule has 1 unspecified atom stereocenters. The fourth-order valence-electron chi connectivity index (χ4n) is 2.55. The van der Waals surface area contributed by atoms with Crippen molar-refractivity contribution in [2.24, 2.45) is 0 Å². The zero-order valence-corrected chi connectivity index (χ0v) is 13.8. The highest BCUT2D eigenvalue weighted by Gasteiger charge is 2.31. The molecule has 1 aromatic heterocycles. The van der Waals surface area contributed by atoms with Gasteiger partial charge >= 0.3 is 6.18 Å². The lowest BCUT2D eigenvalue weighted by Gasteiger charge is -2.18. The molecule has 1 amide bonds. The number of rotatable bonds is 5. The standard InChI is InChI=1S/C18H16F3N3O2/c1-22-16(25)10-14(11-5-4-6-12(9-11)18(19,20)21)24-17-23-13-7-2-3-8-15(13)26-17/h2-9,14H,10H2,1H3,(H,22,25)(H,23,24). The summed E-state index contributed by atoms with van der Waals surface area (Å²) in [6.45, 7) is 0. The molecule has 0 saturated carbocycles. The molecule has 0 saturated heterocycles. The summed E-state index contributed by atoms with van der Waals surface area (Å²) >= 11 is 0. The van der Waals surface area contributed by atoms with Gasteiger partial charge < -0.3 is 15.1 Å². The molecule has 5 nitrogen and oxygen atoms in total. The smallest absolute Gasteiger partial charge is 0.416 e. The Morgan fingerprint density at radius 1 is 1.19 bits per heavy atom. The van der Waals surface area contributed by atoms with Gasteiger partial charge in [0.25, 0.3) is 6.01 Å². The molecule has 0 aliphatic heterocycles. The molecule has 3 aromatic rings. The summed E-state index contributed by atoms with van der Waals surface area (Å²) < 4.78 is 44.5. The Morgan fingerprint density at radius 2 is 1.96 bits per heavy atom. The number of nitrogens with one attached hydrogen (secondary N) is 2. The van der Waals surface area contributed by atoms with E-state index in [1.807, 2.05) is 0 Å². The third-order valence-corrected chi connectivity index (χ3v) is 3.88. The first-order chi connectivity index (χ1) is 12.4. The molecule has 0 spiro atoms. The SMILES string of the molecule is CNC(=O)CC(Nc1nc2ccccc2o1)c1cccc(C(F)(F)F)c1. The second-order valence-corrected chi connectivity index (χ2v) is 5.68. The predicted octanol–water partition coefficient (Wildman–Crippen LogP) is 4.14. The average Bonchev–Trinajstić information content (AvgIpc) is 3.02. The number of benzene rings is 2. The fraction of sp³-hybridized carbons (Fsp3) is 0.222. The van der Waals surface area contributed by atoms with E-state index in [0.717, 1.165) is 12.1 Å². The van der Waals surface area contributed by atoms with Crippen molar-refractivity contribution in [3.63, 3.8) is 0 Å². The maximum absolute atomic E-state index is 13.0. The zero-order chi connectivity index (χ0) is 18.7. The minimum atomic E-state index is -4.47. The Labute approximate surface area is 147 Å². The first-order valence-corrected chi connectivity index (χ1v) is 7.86. The highest BCUT2D eigenvalue weighted by atomic mass is 19.4. The summed E-state index contributed by atoms with van der Waals surface area (Å²) in [4.78, 5) is 16.1. The molecular weight excluding hydrogens is 347 g/mol. The van der Waals surface area contributed by atoms with Crippen molar-refractivity contribution >= 4 is 23.0 Å². The van der Waals surface area contributed by atoms with Crippen molar-refractivity contribution in [2.75, 3.05) is 12.4 Å². The topological polar surface area (TPSA) is 67.2 Å². The van der Waals surface area contributed by atoms with Crippen LogP contribution in [0.1, 0.15) is 23.6 Å². The number of fused-ring (bicyclic) bond motifs is 1. The van der Waals surface area contributed by atoms with Crippen molar-refractivity contribution in [3.05, 3.63) is 59.7 Å². The molecule has 0 bridgehead atoms. The van der Waals surface area contributed by atoms with Crippen molar-refractivity contribution in [1.29, 1.82) is 0 Å². The zero-order valence-electron chi connectivity index (χ0n) is 13.8. The number of carbonyl (C=O) groups is 1. The summed E-state index contributed by atoms with van der Waals surface area (Å²) in [5, 5.41) is 5.39. The minimum absolute atomic E-state index is 0.0729. The molecule has 8 heteroatoms. The van der Waals surface area contributed by atoms with Gasteiger partial charge in [-0.3, -0.25) is 4.79 Å². The monoisotopic (exact) mass is 363 g/mol. The predicted molar refractivity (Wildman–Crippen MR) is 90.5 cm³/mol. The second-order valence-electron chi connectivity index (χ2n) is 5.68. The number of carbonyl (C=O) groups excluding carboxylic acids is 1. The van der Waals surface area contributed by atoms with Gasteiger partial charge in [-0.15, -0.1) is 0 Å². The van der Waals surface area contributed by atoms with Crippen LogP contribution in [-0.2, 0) is 11.0 Å². The van der Waals surface area contributed by atoms with Crippen LogP contribution in [0.25, 0.3) is 11.1 Å². The Balaban J connectivity index is 1.93. The lowest BCUT2D eigenvalue weighted by molar-refractivity contribution is -0.137. The number of aromatic nitrogens is 1. The van der Waals surface area contributed by atoms with E-state index in [-0.39, 0.29) is 18.3 Å². The van der Waals surface area contributed by atoms with Crippen LogP contribution in [0.4, 0.5) is 19.2 Å². The Bertz CT molecular complexity index is 888. The number of hydrogen-bond acceptors (Lipinski definition) is 4. The third kappa shape index (κ3) is 3.96. The molecule has 136 valence electrons. The van der Waals surface area contributed by atoms with Crippen molar-refractivity contribution < 1.29 is 22.4 Å². The summed E-state index contributed by atoms with van der Waals surface area (Å²) in [6.07, 6.45) is -4.54. The van der Waals surface area contributed by atoms with E-state index in [1.54, 1.807) is 24.3 Å². The Kier molecular flexibility index (Phi) is 4.83. The molecule has 0 aliphatic rings. The second kappa shape index (κ2) is 7.07. The first kappa shape index (κ1) is 17.8. The number of nitrogens with zero attached hydrogens (tertiary/aromatic N) is 1. The quantitative estimate of drug-likeness (QED) is 0.715. The molecule has 0 fully saturated rings. The van der Waals surface area contributed by atoms with E-state index in [1.165, 1.54) is 19.2 Å². The largest absolute Gasteiger partial charge is 0.424 e. The van der Waals surface area contributed by atoms with Crippen LogP contribution in [0.15, 0.2) is 52.9 Å². The van der Waals surface area contributed by atoms with E-state index in [9.17, 15) is 18.0 Å². The van der Waals surface area contributed by atoms with Crippen LogP contribution in [0.5, 0.6) is 0 Å². The maximum atomic E-state index is 13.0. The number of alkyl halides is 3. The number of halogens is 3. The van der Waals surface area contributed by atoms with Gasteiger partial charge in [0, 0.05) is 7.05 Å². The van der Waals surface area contributed by atoms with Gasteiger partial charge in [-0.25, -0.2) is 0 Å². The lowest BCUT2D eigenvalue weighted by atomic mass is 10.0. The van der Waals surface area contributed by atoms with Gasteiger partial charge in [0.1, 0.15) is 5.52 Å². The number of para-hydroxylation sites is 2. The van der Waals surface area contributed by atoms with Crippen LogP contribution in [-0.4, -0.2) is 17.9 Å². The molecule has 26 heavy (non-hydrogen) atoms. The van der Waals surface area contributed by atoms with Crippen LogP contribution in [0, 0.1) is 0 Å². The fourth-order valence-corrected chi connectivity index (χ4v) is 2.55. The van der Waals surface area contributed by atoms with E-state index >= 15 is 0 Å². The van der Waals surface area contributed by atoms with E-state index < -0.39 is 17.8 Å². The molecule has 2 aromatic carbocycles. The van der Waals surface area contributed by atoms with Gasteiger partial charge in [-0.2, -0.15) is 18.2 Å². The first-order valence-electron chi connectivity index (χ1n) is 7.86. The van der Waals surface area contributed by atoms with E-state index in [4.69, 9.17) is 4.42 Å². The highest BCUT2D eigenvalue weighted by molar-refractivity contribution is 5.77. The normalized spacial score (nSPS) is 12.8. The molecule has 3 rings (SSSR count). The summed E-state index contributed by atoms with van der Waals surface area (Å²) in [7, 11) is 1.46. The molecule has 0 radical (unpaired) electrons. The van der Waals surface area contributed by atoms with Crippen LogP contribution in [0.3, 0.4) is 0 Å². The molecular formula is C18H16F3N3O2. The summed E-state index contributed by atoms with van der Waals surface area (Å²) in [6, 6.07) is 11.3. The Hall–Kier alpha value is -3.03. The lowest BCUT2D eigenvalue weighted by Crippen LogP contribution is -2.24. The van der Waals surface area contributed by atoms with Crippen molar-refractivity contribution in [1.82, 2.24) is 10.3 Å². The van der Waals surface area contributed by atoms with Crippen LogP contribution >= 0.6 is 0 Å². The number of hydrogen-bond donors (Lipinski definition) is 2. The molecule has 2 N–H and O–H groups in total. The number of anilines is 1. The average molecular weight is 363 g/mol. The van der Waals surface area contributed by atoms with Gasteiger partial charge in [-0.05, 0) is 29.8 Å². The van der Waals surface area contributed by atoms with Gasteiger partial charge in [-0.1, -0.05) is 24.3 Å². The van der Waals surface area contributed by atoms with Crippen LogP contribution in [0.2, 0.25) is 0 Å². The summed E-state index contributed by atoms with van der Waals surface area (Å²) in [5.41, 5.74) is 0.678. The summed E-state index contributed by atoms with van der Waals surface area (Å²) in [5.74, 6) is -0.323. The maximum Gasteiger partial charge on any atom is 0.416 e. The van der Waals surface area contributed by atoms with Crippen LogP contribution < -0.4 is 10.6 Å². The molecule has 0 aliphatic carbocycles. The van der Waals surface area contributed by atoms with Crippen molar-refractivity contribution in [2.45, 2.75) is 18.6 Å². The van der Waals surface area contributed by atoms with Gasteiger partial charge in [0.05, 0.1) is 18.0 Å². The van der Waals surface area contributed by atoms with Gasteiger partial charge in [0.15, 0.2) is 5.58 Å². The third-order valence-electron chi connectivity index (χ3n) is 3.88. The number of oxazole rings is 1. The minimum Gasteiger partial charge on any atom is -0.424 e. The Morgan fingerprint density at radius 3 is 2.65 bits per heavy atom. The van der Waals surface area contributed by atoms with Gasteiger partial charge in [0.2, 0.25) is 5.91 Å². The van der Waals surface area contributed by atoms with E-state index in [2.05, 4.69) is 15.6 Å². The molecule has 1 atom stereocenters. The van der Waals surface area contributed by atoms with E-state index in [0.29, 0.717) is 16.7 Å². The van der Waals surface area contributed by atoms with Crippen molar-refractivity contribution in [3.8, 4) is 0 Å². The molecule has 1 heterocycles. The number of amides is 1. The highest BCUT2D eigenvalue weighted by Crippen LogP contribution is 2.32.